The summed E-state index contributed by atoms with van der Waals surface area (Å²) in [7, 11) is 5.33. The SMILES string of the molecule is CNC1COCC1C(=O)N(C)Cc1cccc(OC)c1. The summed E-state index contributed by atoms with van der Waals surface area (Å²) in [6, 6.07) is 7.88. The summed E-state index contributed by atoms with van der Waals surface area (Å²) < 4.78 is 10.6. The van der Waals surface area contributed by atoms with Crippen LogP contribution >= 0.6 is 0 Å². The van der Waals surface area contributed by atoms with E-state index in [0.29, 0.717) is 19.8 Å². The molecule has 0 radical (unpaired) electrons. The molecule has 1 aromatic rings. The van der Waals surface area contributed by atoms with E-state index >= 15 is 0 Å². The lowest BCUT2D eigenvalue weighted by atomic mass is 10.0. The Hall–Kier alpha value is -1.59. The van der Waals surface area contributed by atoms with Gasteiger partial charge in [0.05, 0.1) is 26.2 Å². The summed E-state index contributed by atoms with van der Waals surface area (Å²) >= 11 is 0. The minimum absolute atomic E-state index is 0.101. The second-order valence-electron chi connectivity index (χ2n) is 5.08. The lowest BCUT2D eigenvalue weighted by Gasteiger charge is -2.24. The van der Waals surface area contributed by atoms with Gasteiger partial charge in [-0.05, 0) is 24.7 Å². The number of hydrogen-bond acceptors (Lipinski definition) is 4. The molecule has 0 aromatic heterocycles. The Morgan fingerprint density at radius 3 is 3.00 bits per heavy atom. The van der Waals surface area contributed by atoms with Crippen molar-refractivity contribution in [2.45, 2.75) is 12.6 Å². The molecule has 20 heavy (non-hydrogen) atoms. The molecule has 0 saturated carbocycles. The fourth-order valence-electron chi connectivity index (χ4n) is 2.49. The Labute approximate surface area is 119 Å². The van der Waals surface area contributed by atoms with Gasteiger partial charge in [-0.3, -0.25) is 4.79 Å². The van der Waals surface area contributed by atoms with Crippen LogP contribution in [-0.4, -0.2) is 51.3 Å². The first kappa shape index (κ1) is 14.8. The smallest absolute Gasteiger partial charge is 0.229 e. The molecule has 1 heterocycles. The predicted octanol–water partition coefficient (Wildman–Crippen LogP) is 0.888. The fraction of sp³-hybridized carbons (Fsp3) is 0.533. The zero-order chi connectivity index (χ0) is 14.5. The van der Waals surface area contributed by atoms with Crippen molar-refractivity contribution in [3.8, 4) is 5.75 Å². The van der Waals surface area contributed by atoms with Crippen molar-refractivity contribution in [1.29, 1.82) is 0 Å². The lowest BCUT2D eigenvalue weighted by molar-refractivity contribution is -0.135. The second kappa shape index (κ2) is 6.72. The molecule has 1 N–H and O–H groups in total. The van der Waals surface area contributed by atoms with Crippen LogP contribution in [0, 0.1) is 5.92 Å². The Morgan fingerprint density at radius 2 is 2.30 bits per heavy atom. The molecule has 1 amide bonds. The van der Waals surface area contributed by atoms with Gasteiger partial charge in [0.2, 0.25) is 5.91 Å². The summed E-state index contributed by atoms with van der Waals surface area (Å²) in [4.78, 5) is 14.2. The van der Waals surface area contributed by atoms with Crippen molar-refractivity contribution in [2.24, 2.45) is 5.92 Å². The van der Waals surface area contributed by atoms with E-state index in [1.165, 1.54) is 0 Å². The number of carbonyl (C=O) groups excluding carboxylic acids is 1. The molecular formula is C15H22N2O3. The van der Waals surface area contributed by atoms with Crippen LogP contribution in [0.25, 0.3) is 0 Å². The van der Waals surface area contributed by atoms with Crippen LogP contribution in [0.15, 0.2) is 24.3 Å². The highest BCUT2D eigenvalue weighted by Crippen LogP contribution is 2.18. The van der Waals surface area contributed by atoms with Gasteiger partial charge in [-0.25, -0.2) is 0 Å². The van der Waals surface area contributed by atoms with E-state index in [4.69, 9.17) is 9.47 Å². The number of methoxy groups -OCH3 is 1. The number of hydrogen-bond donors (Lipinski definition) is 1. The van der Waals surface area contributed by atoms with Crippen molar-refractivity contribution >= 4 is 5.91 Å². The Morgan fingerprint density at radius 1 is 1.50 bits per heavy atom. The van der Waals surface area contributed by atoms with Crippen LogP contribution < -0.4 is 10.1 Å². The monoisotopic (exact) mass is 278 g/mol. The van der Waals surface area contributed by atoms with Gasteiger partial charge >= 0.3 is 0 Å². The highest BCUT2D eigenvalue weighted by atomic mass is 16.5. The molecule has 0 aliphatic carbocycles. The molecule has 2 atom stereocenters. The average Bonchev–Trinajstić information content (AvgIpc) is 2.95. The van der Waals surface area contributed by atoms with E-state index < -0.39 is 0 Å². The van der Waals surface area contributed by atoms with Crippen LogP contribution in [0.2, 0.25) is 0 Å². The molecule has 5 heteroatoms. The highest BCUT2D eigenvalue weighted by molar-refractivity contribution is 5.79. The third-order valence-corrected chi connectivity index (χ3v) is 3.70. The first-order valence-electron chi connectivity index (χ1n) is 6.78. The molecule has 1 aliphatic heterocycles. The minimum atomic E-state index is -0.101. The van der Waals surface area contributed by atoms with Crippen molar-refractivity contribution in [3.63, 3.8) is 0 Å². The number of carbonyl (C=O) groups is 1. The number of benzene rings is 1. The number of rotatable bonds is 5. The van der Waals surface area contributed by atoms with Crippen molar-refractivity contribution < 1.29 is 14.3 Å². The first-order valence-corrected chi connectivity index (χ1v) is 6.78. The van der Waals surface area contributed by atoms with E-state index in [-0.39, 0.29) is 17.9 Å². The average molecular weight is 278 g/mol. The molecule has 1 fully saturated rings. The van der Waals surface area contributed by atoms with Gasteiger partial charge in [0.15, 0.2) is 0 Å². The van der Waals surface area contributed by atoms with Crippen LogP contribution in [-0.2, 0) is 16.1 Å². The maximum absolute atomic E-state index is 12.4. The summed E-state index contributed by atoms with van der Waals surface area (Å²) in [5.41, 5.74) is 1.06. The Balaban J connectivity index is 2.00. The minimum Gasteiger partial charge on any atom is -0.497 e. The fourth-order valence-corrected chi connectivity index (χ4v) is 2.49. The maximum atomic E-state index is 12.4. The number of nitrogens with zero attached hydrogens (tertiary/aromatic N) is 1. The van der Waals surface area contributed by atoms with Crippen molar-refractivity contribution in [3.05, 3.63) is 29.8 Å². The van der Waals surface area contributed by atoms with Crippen molar-refractivity contribution in [2.75, 3.05) is 34.4 Å². The van der Waals surface area contributed by atoms with E-state index in [1.807, 2.05) is 38.4 Å². The maximum Gasteiger partial charge on any atom is 0.229 e. The molecule has 110 valence electrons. The van der Waals surface area contributed by atoms with Crippen LogP contribution in [0.1, 0.15) is 5.56 Å². The van der Waals surface area contributed by atoms with E-state index in [9.17, 15) is 4.79 Å². The molecule has 2 rings (SSSR count). The number of amides is 1. The van der Waals surface area contributed by atoms with Gasteiger partial charge in [-0.2, -0.15) is 0 Å². The van der Waals surface area contributed by atoms with E-state index in [2.05, 4.69) is 5.32 Å². The normalized spacial score (nSPS) is 21.8. The van der Waals surface area contributed by atoms with Gasteiger partial charge in [0.1, 0.15) is 5.75 Å². The summed E-state index contributed by atoms with van der Waals surface area (Å²) in [6.07, 6.45) is 0. The van der Waals surface area contributed by atoms with Crippen LogP contribution in [0.3, 0.4) is 0 Å². The molecule has 0 spiro atoms. The number of ether oxygens (including phenoxy) is 2. The van der Waals surface area contributed by atoms with Crippen LogP contribution in [0.5, 0.6) is 5.75 Å². The van der Waals surface area contributed by atoms with Crippen molar-refractivity contribution in [1.82, 2.24) is 10.2 Å². The molecule has 1 aliphatic rings. The molecule has 5 nitrogen and oxygen atoms in total. The first-order chi connectivity index (χ1) is 9.65. The summed E-state index contributed by atoms with van der Waals surface area (Å²) in [5, 5.41) is 3.14. The zero-order valence-corrected chi connectivity index (χ0v) is 12.3. The Bertz CT molecular complexity index is 464. The second-order valence-corrected chi connectivity index (χ2v) is 5.08. The molecule has 0 bridgehead atoms. The topological polar surface area (TPSA) is 50.8 Å². The molecular weight excluding hydrogens is 256 g/mol. The molecule has 1 saturated heterocycles. The van der Waals surface area contributed by atoms with Gasteiger partial charge in [-0.1, -0.05) is 12.1 Å². The summed E-state index contributed by atoms with van der Waals surface area (Å²) in [5.74, 6) is 0.820. The summed E-state index contributed by atoms with van der Waals surface area (Å²) in [6.45, 7) is 1.66. The molecule has 2 unspecified atom stereocenters. The molecule has 1 aromatic carbocycles. The highest BCUT2D eigenvalue weighted by Gasteiger charge is 2.34. The Kier molecular flexibility index (Phi) is 4.98. The predicted molar refractivity (Wildman–Crippen MR) is 76.6 cm³/mol. The number of nitrogens with one attached hydrogen (secondary N) is 1. The standard InChI is InChI=1S/C15H22N2O3/c1-16-14-10-20-9-13(14)15(18)17(2)8-11-5-4-6-12(7-11)19-3/h4-7,13-14,16H,8-10H2,1-3H3. The van der Waals surface area contributed by atoms with Gasteiger partial charge < -0.3 is 19.7 Å². The third kappa shape index (κ3) is 3.29. The number of likely N-dealkylation sites (N-methyl/N-ethyl adjacent to an activating group) is 1. The van der Waals surface area contributed by atoms with E-state index in [1.54, 1.807) is 12.0 Å². The van der Waals surface area contributed by atoms with Crippen LogP contribution in [0.4, 0.5) is 0 Å². The lowest BCUT2D eigenvalue weighted by Crippen LogP contribution is -2.43. The zero-order valence-electron chi connectivity index (χ0n) is 12.3. The van der Waals surface area contributed by atoms with Gasteiger partial charge in [0.25, 0.3) is 0 Å². The van der Waals surface area contributed by atoms with Gasteiger partial charge in [0, 0.05) is 19.6 Å². The third-order valence-electron chi connectivity index (χ3n) is 3.70. The van der Waals surface area contributed by atoms with E-state index in [0.717, 1.165) is 11.3 Å². The quantitative estimate of drug-likeness (QED) is 0.869. The van der Waals surface area contributed by atoms with Gasteiger partial charge in [-0.15, -0.1) is 0 Å². The largest absolute Gasteiger partial charge is 0.497 e.